The Hall–Kier alpha value is -1.73. The Morgan fingerprint density at radius 3 is 2.81 bits per heavy atom. The molecule has 0 spiro atoms. The van der Waals surface area contributed by atoms with Gasteiger partial charge in [0, 0.05) is 19.1 Å². The standard InChI is InChI=1S/C14H20N4O2S/c1-8(2)18(4)6-5-15-12-10-9(3)11(14(19)20)21-13(10)17-7-16-12/h7-8H,5-6H2,1-4H3,(H,19,20)(H,15,16,17). The van der Waals surface area contributed by atoms with E-state index in [2.05, 4.69) is 41.1 Å². The molecule has 0 aliphatic rings. The first-order valence-electron chi connectivity index (χ1n) is 6.83. The third-order valence-electron chi connectivity index (χ3n) is 3.56. The van der Waals surface area contributed by atoms with Crippen LogP contribution >= 0.6 is 11.3 Å². The number of carbonyl (C=O) groups is 1. The molecule has 0 fully saturated rings. The average Bonchev–Trinajstić information content (AvgIpc) is 2.77. The number of hydrogen-bond acceptors (Lipinski definition) is 6. The number of aromatic nitrogens is 2. The molecule has 0 saturated heterocycles. The summed E-state index contributed by atoms with van der Waals surface area (Å²) in [5.41, 5.74) is 0.725. The van der Waals surface area contributed by atoms with Gasteiger partial charge in [-0.05, 0) is 33.4 Å². The quantitative estimate of drug-likeness (QED) is 0.853. The summed E-state index contributed by atoms with van der Waals surface area (Å²) in [4.78, 5) is 22.9. The maximum absolute atomic E-state index is 11.2. The van der Waals surface area contributed by atoms with E-state index in [9.17, 15) is 9.90 Å². The van der Waals surface area contributed by atoms with Crippen LogP contribution in [0.5, 0.6) is 0 Å². The monoisotopic (exact) mass is 308 g/mol. The number of hydrogen-bond donors (Lipinski definition) is 2. The zero-order valence-electron chi connectivity index (χ0n) is 12.7. The number of nitrogens with one attached hydrogen (secondary N) is 1. The number of thiophene rings is 1. The van der Waals surface area contributed by atoms with Crippen molar-refractivity contribution in [3.63, 3.8) is 0 Å². The van der Waals surface area contributed by atoms with Gasteiger partial charge >= 0.3 is 5.97 Å². The molecule has 0 aromatic carbocycles. The smallest absolute Gasteiger partial charge is 0.346 e. The van der Waals surface area contributed by atoms with Crippen LogP contribution in [-0.2, 0) is 0 Å². The lowest BCUT2D eigenvalue weighted by molar-refractivity contribution is 0.0701. The van der Waals surface area contributed by atoms with Crippen molar-refractivity contribution in [1.29, 1.82) is 0 Å². The number of anilines is 1. The van der Waals surface area contributed by atoms with Gasteiger partial charge in [0.2, 0.25) is 0 Å². The van der Waals surface area contributed by atoms with Crippen LogP contribution in [0.3, 0.4) is 0 Å². The first-order chi connectivity index (χ1) is 9.91. The normalized spacial score (nSPS) is 11.5. The van der Waals surface area contributed by atoms with E-state index in [-0.39, 0.29) is 0 Å². The zero-order valence-corrected chi connectivity index (χ0v) is 13.5. The summed E-state index contributed by atoms with van der Waals surface area (Å²) in [6, 6.07) is 0.485. The maximum atomic E-state index is 11.2. The number of carboxylic acid groups (broad SMARTS) is 1. The fourth-order valence-corrected chi connectivity index (χ4v) is 3.01. The second kappa shape index (κ2) is 6.36. The number of nitrogens with zero attached hydrogens (tertiary/aromatic N) is 3. The molecule has 0 radical (unpaired) electrons. The van der Waals surface area contributed by atoms with E-state index >= 15 is 0 Å². The summed E-state index contributed by atoms with van der Waals surface area (Å²) in [7, 11) is 2.07. The summed E-state index contributed by atoms with van der Waals surface area (Å²) in [6.45, 7) is 7.73. The van der Waals surface area contributed by atoms with Gasteiger partial charge in [-0.1, -0.05) is 0 Å². The summed E-state index contributed by atoms with van der Waals surface area (Å²) in [5.74, 6) is -0.209. The molecule has 0 bridgehead atoms. The molecule has 0 amide bonds. The second-order valence-electron chi connectivity index (χ2n) is 5.26. The van der Waals surface area contributed by atoms with Crippen molar-refractivity contribution < 1.29 is 9.90 Å². The Labute approximate surface area is 127 Å². The van der Waals surface area contributed by atoms with Gasteiger partial charge in [0.15, 0.2) is 0 Å². The van der Waals surface area contributed by atoms with Gasteiger partial charge in [-0.25, -0.2) is 14.8 Å². The molecule has 2 aromatic heterocycles. The van der Waals surface area contributed by atoms with E-state index in [0.29, 0.717) is 21.6 Å². The van der Waals surface area contributed by atoms with E-state index in [1.807, 2.05) is 0 Å². The fourth-order valence-electron chi connectivity index (χ4n) is 2.02. The molecule has 114 valence electrons. The van der Waals surface area contributed by atoms with Crippen LogP contribution in [0.1, 0.15) is 29.1 Å². The Balaban J connectivity index is 2.22. The van der Waals surface area contributed by atoms with Gasteiger partial charge in [0.1, 0.15) is 21.9 Å². The van der Waals surface area contributed by atoms with Crippen LogP contribution in [0.2, 0.25) is 0 Å². The Morgan fingerprint density at radius 2 is 2.19 bits per heavy atom. The first-order valence-corrected chi connectivity index (χ1v) is 7.65. The number of likely N-dealkylation sites (N-methyl/N-ethyl adjacent to an activating group) is 1. The van der Waals surface area contributed by atoms with Crippen molar-refractivity contribution in [2.45, 2.75) is 26.8 Å². The van der Waals surface area contributed by atoms with Gasteiger partial charge in [-0.3, -0.25) is 0 Å². The molecule has 2 aromatic rings. The highest BCUT2D eigenvalue weighted by Crippen LogP contribution is 2.32. The molecule has 2 N–H and O–H groups in total. The summed E-state index contributed by atoms with van der Waals surface area (Å²) >= 11 is 1.19. The number of aromatic carboxylic acids is 1. The topological polar surface area (TPSA) is 78.3 Å². The average molecular weight is 308 g/mol. The van der Waals surface area contributed by atoms with E-state index in [1.54, 1.807) is 6.92 Å². The van der Waals surface area contributed by atoms with E-state index in [1.165, 1.54) is 17.7 Å². The van der Waals surface area contributed by atoms with Crippen molar-refractivity contribution in [3.8, 4) is 0 Å². The number of aryl methyl sites for hydroxylation is 1. The fraction of sp³-hybridized carbons (Fsp3) is 0.500. The molecule has 0 saturated carbocycles. The van der Waals surface area contributed by atoms with Crippen LogP contribution in [0.25, 0.3) is 10.2 Å². The van der Waals surface area contributed by atoms with Crippen LogP contribution in [0, 0.1) is 6.92 Å². The van der Waals surface area contributed by atoms with Gasteiger partial charge < -0.3 is 15.3 Å². The highest BCUT2D eigenvalue weighted by atomic mass is 32.1. The highest BCUT2D eigenvalue weighted by Gasteiger charge is 2.18. The number of fused-ring (bicyclic) bond motifs is 1. The van der Waals surface area contributed by atoms with Crippen LogP contribution in [0.15, 0.2) is 6.33 Å². The van der Waals surface area contributed by atoms with Crippen molar-refractivity contribution in [1.82, 2.24) is 14.9 Å². The first kappa shape index (κ1) is 15.7. The van der Waals surface area contributed by atoms with Crippen LogP contribution in [0.4, 0.5) is 5.82 Å². The lowest BCUT2D eigenvalue weighted by Crippen LogP contribution is -2.31. The van der Waals surface area contributed by atoms with Crippen molar-refractivity contribution in [2.24, 2.45) is 0 Å². The van der Waals surface area contributed by atoms with Gasteiger partial charge in [-0.2, -0.15) is 0 Å². The molecule has 0 aliphatic heterocycles. The predicted molar refractivity (Wildman–Crippen MR) is 85.4 cm³/mol. The lowest BCUT2D eigenvalue weighted by atomic mass is 10.2. The van der Waals surface area contributed by atoms with E-state index < -0.39 is 5.97 Å². The molecular formula is C14H20N4O2S. The molecule has 6 nitrogen and oxygen atoms in total. The molecule has 7 heteroatoms. The Morgan fingerprint density at radius 1 is 1.48 bits per heavy atom. The SMILES string of the molecule is Cc1c(C(=O)O)sc2ncnc(NCCN(C)C(C)C)c12. The molecule has 21 heavy (non-hydrogen) atoms. The largest absolute Gasteiger partial charge is 0.477 e. The lowest BCUT2D eigenvalue weighted by Gasteiger charge is -2.21. The van der Waals surface area contributed by atoms with E-state index in [4.69, 9.17) is 0 Å². The minimum atomic E-state index is -0.916. The molecule has 0 unspecified atom stereocenters. The second-order valence-corrected chi connectivity index (χ2v) is 6.26. The minimum Gasteiger partial charge on any atom is -0.477 e. The Bertz CT molecular complexity index is 654. The summed E-state index contributed by atoms with van der Waals surface area (Å²) in [5, 5.41) is 13.3. The molecule has 2 rings (SSSR count). The van der Waals surface area contributed by atoms with Crippen LogP contribution < -0.4 is 5.32 Å². The van der Waals surface area contributed by atoms with E-state index in [0.717, 1.165) is 24.0 Å². The summed E-state index contributed by atoms with van der Waals surface area (Å²) in [6.07, 6.45) is 1.47. The van der Waals surface area contributed by atoms with Crippen LogP contribution in [-0.4, -0.2) is 52.1 Å². The van der Waals surface area contributed by atoms with Gasteiger partial charge in [0.25, 0.3) is 0 Å². The van der Waals surface area contributed by atoms with Crippen molar-refractivity contribution >= 4 is 33.3 Å². The highest BCUT2D eigenvalue weighted by molar-refractivity contribution is 7.20. The number of carboxylic acids is 1. The van der Waals surface area contributed by atoms with Crippen molar-refractivity contribution in [2.75, 3.05) is 25.5 Å². The van der Waals surface area contributed by atoms with Gasteiger partial charge in [0.05, 0.1) is 5.39 Å². The summed E-state index contributed by atoms with van der Waals surface area (Å²) < 4.78 is 0. The Kier molecular flexibility index (Phi) is 4.74. The minimum absolute atomic E-state index is 0.327. The maximum Gasteiger partial charge on any atom is 0.346 e. The zero-order chi connectivity index (χ0) is 15.6. The molecule has 0 aliphatic carbocycles. The van der Waals surface area contributed by atoms with Gasteiger partial charge in [-0.15, -0.1) is 11.3 Å². The van der Waals surface area contributed by atoms with Crippen molar-refractivity contribution in [3.05, 3.63) is 16.8 Å². The molecular weight excluding hydrogens is 288 g/mol. The number of rotatable bonds is 6. The predicted octanol–water partition coefficient (Wildman–Crippen LogP) is 2.45. The third-order valence-corrected chi connectivity index (χ3v) is 4.75. The third kappa shape index (κ3) is 3.30. The molecule has 0 atom stereocenters. The molecule has 2 heterocycles.